The minimum absolute atomic E-state index is 0.220. The molecular formula is C28H21N2O6P. The summed E-state index contributed by atoms with van der Waals surface area (Å²) in [7, 11) is -1.61. The fourth-order valence-electron chi connectivity index (χ4n) is 5.09. The topological polar surface area (TPSA) is 125 Å². The molecule has 0 saturated carbocycles. The summed E-state index contributed by atoms with van der Waals surface area (Å²) in [6.07, 6.45) is 0. The monoisotopic (exact) mass is 512 g/mol. The lowest BCUT2D eigenvalue weighted by atomic mass is 10.1. The molecule has 6 rings (SSSR count). The third-order valence-corrected chi connectivity index (χ3v) is 9.67. The molecule has 1 aromatic heterocycles. The molecule has 0 spiro atoms. The van der Waals surface area contributed by atoms with Gasteiger partial charge in [0.2, 0.25) is 0 Å². The fraction of sp³-hybridized carbons (Fsp3) is 0.0714. The zero-order valence-corrected chi connectivity index (χ0v) is 20.2. The molecule has 1 aliphatic heterocycles. The molecule has 184 valence electrons. The maximum Gasteiger partial charge on any atom is 0.274 e. The van der Waals surface area contributed by atoms with Crippen LogP contribution in [0.15, 0.2) is 101 Å². The smallest absolute Gasteiger partial charge is 0.274 e. The van der Waals surface area contributed by atoms with Crippen LogP contribution in [-0.4, -0.2) is 29.8 Å². The van der Waals surface area contributed by atoms with E-state index < -0.39 is 42.1 Å². The van der Waals surface area contributed by atoms with Gasteiger partial charge < -0.3 is 20.4 Å². The lowest BCUT2D eigenvalue weighted by molar-refractivity contribution is 0.389. The first-order valence-electron chi connectivity index (χ1n) is 11.5. The van der Waals surface area contributed by atoms with Gasteiger partial charge in [0.1, 0.15) is 11.6 Å². The highest BCUT2D eigenvalue weighted by Crippen LogP contribution is 2.67. The first-order chi connectivity index (χ1) is 17.9. The Balaban J connectivity index is 1.81. The molecule has 0 unspecified atom stereocenters. The highest BCUT2D eigenvalue weighted by molar-refractivity contribution is 7.66. The van der Waals surface area contributed by atoms with E-state index in [2.05, 4.69) is 0 Å². The number of rotatable bonds is 3. The predicted molar refractivity (Wildman–Crippen MR) is 141 cm³/mol. The molecule has 0 fully saturated rings. The van der Waals surface area contributed by atoms with Gasteiger partial charge in [-0.15, -0.1) is 0 Å². The first kappa shape index (κ1) is 22.9. The number of nitrogens with zero attached hydrogens (tertiary/aromatic N) is 2. The summed E-state index contributed by atoms with van der Waals surface area (Å²) in [5.74, 6) is -3.24. The number of para-hydroxylation sites is 2. The van der Waals surface area contributed by atoms with Gasteiger partial charge in [-0.3, -0.25) is 9.59 Å². The van der Waals surface area contributed by atoms with Crippen molar-refractivity contribution in [3.05, 3.63) is 123 Å². The lowest BCUT2D eigenvalue weighted by Crippen LogP contribution is -2.37. The third kappa shape index (κ3) is 3.33. The Morgan fingerprint density at radius 2 is 0.973 bits per heavy atom. The average molecular weight is 512 g/mol. The molecule has 5 aromatic rings. The van der Waals surface area contributed by atoms with Crippen LogP contribution in [0.1, 0.15) is 22.7 Å². The van der Waals surface area contributed by atoms with Crippen LogP contribution in [0.4, 0.5) is 0 Å². The molecule has 2 atom stereocenters. The molecule has 2 heterocycles. The van der Waals surface area contributed by atoms with Crippen LogP contribution in [0.3, 0.4) is 0 Å². The van der Waals surface area contributed by atoms with E-state index in [1.54, 1.807) is 48.5 Å². The van der Waals surface area contributed by atoms with Gasteiger partial charge in [0.05, 0.1) is 10.8 Å². The van der Waals surface area contributed by atoms with Crippen molar-refractivity contribution in [1.82, 2.24) is 9.36 Å². The van der Waals surface area contributed by atoms with Crippen molar-refractivity contribution in [2.24, 2.45) is 0 Å². The first-order valence-corrected chi connectivity index (χ1v) is 13.0. The van der Waals surface area contributed by atoms with Crippen LogP contribution in [0.25, 0.3) is 10.8 Å². The van der Waals surface area contributed by atoms with Crippen LogP contribution in [0, 0.1) is 0 Å². The average Bonchev–Trinajstić information content (AvgIpc) is 3.27. The number of hydrogen-bond acceptors (Lipinski definition) is 6. The van der Waals surface area contributed by atoms with Crippen molar-refractivity contribution in [3.8, 4) is 23.0 Å². The SMILES string of the molecule is O=c1c2ccccc2c(=O)n2n1[C@@H](c1cccc(O)c1O)P(c1ccccc1)[C@@H]2c1cccc(O)c1O. The number of aromatic hydroxyl groups is 4. The second-order valence-electron chi connectivity index (χ2n) is 8.77. The van der Waals surface area contributed by atoms with E-state index in [9.17, 15) is 30.0 Å². The third-order valence-electron chi connectivity index (χ3n) is 6.73. The van der Waals surface area contributed by atoms with Gasteiger partial charge in [-0.1, -0.05) is 66.7 Å². The molecule has 1 aliphatic rings. The summed E-state index contributed by atoms with van der Waals surface area (Å²) < 4.78 is 2.65. The number of phenols is 4. The van der Waals surface area contributed by atoms with Crippen LogP contribution >= 0.6 is 7.92 Å². The summed E-state index contributed by atoms with van der Waals surface area (Å²) in [4.78, 5) is 28.0. The molecule has 0 radical (unpaired) electrons. The Morgan fingerprint density at radius 1 is 0.541 bits per heavy atom. The standard InChI is InChI=1S/C28H21N2O6P/c31-21-14-6-12-19(23(21)33)27-29-25(35)17-10-4-5-11-18(17)26(36)30(29)28(20-13-7-15-22(32)24(20)34)37(27)16-8-2-1-3-9-16/h1-15,27-28,31-34H/t27-,28-/m1/s1. The van der Waals surface area contributed by atoms with Gasteiger partial charge in [0.15, 0.2) is 23.0 Å². The Kier molecular flexibility index (Phi) is 5.28. The zero-order valence-electron chi connectivity index (χ0n) is 19.3. The number of phenolic OH excluding ortho intramolecular Hbond substituents is 4. The van der Waals surface area contributed by atoms with Crippen molar-refractivity contribution in [3.63, 3.8) is 0 Å². The van der Waals surface area contributed by atoms with Crippen LogP contribution in [0.2, 0.25) is 0 Å². The second kappa shape index (κ2) is 8.54. The largest absolute Gasteiger partial charge is 0.504 e. The Labute approximate surface area is 211 Å². The van der Waals surface area contributed by atoms with Crippen LogP contribution in [0.5, 0.6) is 23.0 Å². The van der Waals surface area contributed by atoms with E-state index in [1.165, 1.54) is 21.5 Å². The van der Waals surface area contributed by atoms with E-state index >= 15 is 0 Å². The zero-order chi connectivity index (χ0) is 25.8. The highest BCUT2D eigenvalue weighted by atomic mass is 31.1. The van der Waals surface area contributed by atoms with Crippen molar-refractivity contribution in [2.75, 3.05) is 0 Å². The Hall–Kier alpha value is -4.55. The molecular weight excluding hydrogens is 491 g/mol. The van der Waals surface area contributed by atoms with E-state index in [1.807, 2.05) is 30.3 Å². The Morgan fingerprint density at radius 3 is 1.43 bits per heavy atom. The normalized spacial score (nSPS) is 17.2. The highest BCUT2D eigenvalue weighted by Gasteiger charge is 2.47. The van der Waals surface area contributed by atoms with E-state index in [0.29, 0.717) is 0 Å². The van der Waals surface area contributed by atoms with Gasteiger partial charge in [-0.2, -0.15) is 0 Å². The van der Waals surface area contributed by atoms with Gasteiger partial charge in [-0.25, -0.2) is 9.36 Å². The molecule has 0 amide bonds. The molecule has 9 heteroatoms. The molecule has 0 aliphatic carbocycles. The van der Waals surface area contributed by atoms with E-state index in [0.717, 1.165) is 5.30 Å². The fourth-order valence-corrected chi connectivity index (χ4v) is 8.35. The molecule has 4 aromatic carbocycles. The predicted octanol–water partition coefficient (Wildman–Crippen LogP) is 3.90. The minimum atomic E-state index is -1.61. The molecule has 37 heavy (non-hydrogen) atoms. The molecule has 0 bridgehead atoms. The van der Waals surface area contributed by atoms with Gasteiger partial charge in [0, 0.05) is 11.1 Å². The number of hydrogen-bond donors (Lipinski definition) is 4. The van der Waals surface area contributed by atoms with Crippen molar-refractivity contribution in [1.29, 1.82) is 0 Å². The number of fused-ring (bicyclic) bond motifs is 2. The van der Waals surface area contributed by atoms with Crippen molar-refractivity contribution < 1.29 is 20.4 Å². The van der Waals surface area contributed by atoms with Gasteiger partial charge in [-0.05, 0) is 37.5 Å². The van der Waals surface area contributed by atoms with E-state index in [-0.39, 0.29) is 33.4 Å². The molecule has 8 nitrogen and oxygen atoms in total. The lowest BCUT2D eigenvalue weighted by Gasteiger charge is -2.26. The maximum absolute atomic E-state index is 14.0. The Bertz CT molecular complexity index is 1690. The summed E-state index contributed by atoms with van der Waals surface area (Å²) in [6, 6.07) is 24.8. The van der Waals surface area contributed by atoms with Crippen molar-refractivity contribution >= 4 is 24.0 Å². The summed E-state index contributed by atoms with van der Waals surface area (Å²) in [5.41, 5.74) is -0.368. The number of aromatic nitrogens is 2. The van der Waals surface area contributed by atoms with Crippen molar-refractivity contribution in [2.45, 2.75) is 11.6 Å². The quantitative estimate of drug-likeness (QED) is 0.215. The number of benzene rings is 4. The summed E-state index contributed by atoms with van der Waals surface area (Å²) in [5, 5.41) is 43.8. The summed E-state index contributed by atoms with van der Waals surface area (Å²) >= 11 is 0. The van der Waals surface area contributed by atoms with E-state index in [4.69, 9.17) is 0 Å². The van der Waals surface area contributed by atoms with Gasteiger partial charge in [0.25, 0.3) is 11.1 Å². The minimum Gasteiger partial charge on any atom is -0.504 e. The molecule has 4 N–H and O–H groups in total. The van der Waals surface area contributed by atoms with Crippen LogP contribution < -0.4 is 16.4 Å². The maximum atomic E-state index is 14.0. The van der Waals surface area contributed by atoms with Gasteiger partial charge >= 0.3 is 0 Å². The molecule has 0 saturated heterocycles. The second-order valence-corrected chi connectivity index (χ2v) is 11.1. The summed E-state index contributed by atoms with van der Waals surface area (Å²) in [6.45, 7) is 0. The van der Waals surface area contributed by atoms with Crippen LogP contribution in [-0.2, 0) is 0 Å².